The molecule has 2 N–H and O–H groups in total. The predicted octanol–water partition coefficient (Wildman–Crippen LogP) is 4.35. The van der Waals surface area contributed by atoms with Crippen LogP contribution in [0.3, 0.4) is 0 Å². The smallest absolute Gasteiger partial charge is 0.271 e. The topological polar surface area (TPSA) is 73.6 Å². The molecule has 0 bridgehead atoms. The van der Waals surface area contributed by atoms with Crippen LogP contribution in [0.2, 0.25) is 5.02 Å². The van der Waals surface area contributed by atoms with Gasteiger partial charge in [-0.2, -0.15) is 0 Å². The first-order chi connectivity index (χ1) is 16.8. The second kappa shape index (κ2) is 13.4. The van der Waals surface area contributed by atoms with Crippen LogP contribution in [0.5, 0.6) is 0 Å². The molecule has 202 valence electrons. The summed E-state index contributed by atoms with van der Waals surface area (Å²) in [6.07, 6.45) is -0.714. The third kappa shape index (κ3) is 6.94. The molecule has 1 aromatic heterocycles. The summed E-state index contributed by atoms with van der Waals surface area (Å²) in [6, 6.07) is 12.3. The number of amides is 1. The maximum atomic E-state index is 14.3. The van der Waals surface area contributed by atoms with E-state index in [1.54, 1.807) is 36.6 Å². The van der Waals surface area contributed by atoms with Crippen molar-refractivity contribution in [1.29, 1.82) is 0 Å². The molecule has 1 unspecified atom stereocenters. The largest absolute Gasteiger partial charge is 0.390 e. The van der Waals surface area contributed by atoms with E-state index in [9.17, 15) is 14.3 Å². The summed E-state index contributed by atoms with van der Waals surface area (Å²) >= 11 is 6.27. The highest BCUT2D eigenvalue weighted by Crippen LogP contribution is 2.27. The summed E-state index contributed by atoms with van der Waals surface area (Å²) in [5, 5.41) is 14.1. The van der Waals surface area contributed by atoms with Crippen LogP contribution >= 0.6 is 36.4 Å². The van der Waals surface area contributed by atoms with Crippen LogP contribution in [0.15, 0.2) is 42.5 Å². The molecule has 1 aliphatic rings. The Hall–Kier alpha value is -2.36. The molecule has 11 heteroatoms. The van der Waals surface area contributed by atoms with Gasteiger partial charge in [-0.25, -0.2) is 9.37 Å². The van der Waals surface area contributed by atoms with Crippen molar-refractivity contribution >= 4 is 48.0 Å². The van der Waals surface area contributed by atoms with Gasteiger partial charge < -0.3 is 15.3 Å². The summed E-state index contributed by atoms with van der Waals surface area (Å²) in [5.41, 5.74) is 3.34. The van der Waals surface area contributed by atoms with Crippen LogP contribution < -0.4 is 10.2 Å². The van der Waals surface area contributed by atoms with E-state index in [2.05, 4.69) is 26.2 Å². The van der Waals surface area contributed by atoms with Crippen LogP contribution in [-0.4, -0.2) is 70.8 Å². The molecule has 1 aliphatic heterocycles. The predicted molar refractivity (Wildman–Crippen MR) is 151 cm³/mol. The van der Waals surface area contributed by atoms with E-state index in [1.165, 1.54) is 6.07 Å². The van der Waals surface area contributed by atoms with Crippen molar-refractivity contribution in [1.82, 2.24) is 19.8 Å². The van der Waals surface area contributed by atoms with Gasteiger partial charge in [0, 0.05) is 50.0 Å². The lowest BCUT2D eigenvalue weighted by Crippen LogP contribution is -2.50. The van der Waals surface area contributed by atoms with Gasteiger partial charge in [-0.15, -0.1) is 24.8 Å². The molecule has 7 nitrogen and oxygen atoms in total. The second-order valence-electron chi connectivity index (χ2n) is 8.92. The zero-order chi connectivity index (χ0) is 25.1. The minimum absolute atomic E-state index is 0. The zero-order valence-corrected chi connectivity index (χ0v) is 23.5. The number of hydrogen-bond donors (Lipinski definition) is 2. The Kier molecular flexibility index (Phi) is 11.2. The number of aromatic nitrogens is 2. The first kappa shape index (κ1) is 30.9. The highest BCUT2D eigenvalue weighted by atomic mass is 35.5. The summed E-state index contributed by atoms with van der Waals surface area (Å²) in [6.45, 7) is 9.36. The SMILES string of the molecule is Cc1c(Cl)cccc1N1CCN(CC(O)CNC(=O)c2nc(C)n(-c3ccccc3F)c2C)CC1.Cl.Cl. The maximum Gasteiger partial charge on any atom is 0.271 e. The minimum Gasteiger partial charge on any atom is -0.390 e. The number of carbonyl (C=O) groups is 1. The molecule has 2 aromatic carbocycles. The molecule has 0 spiro atoms. The molecule has 3 aromatic rings. The second-order valence-corrected chi connectivity index (χ2v) is 9.32. The van der Waals surface area contributed by atoms with Crippen molar-refractivity contribution in [3.8, 4) is 5.69 Å². The first-order valence-corrected chi connectivity index (χ1v) is 12.1. The summed E-state index contributed by atoms with van der Waals surface area (Å²) in [4.78, 5) is 21.6. The van der Waals surface area contributed by atoms with Crippen LogP contribution in [-0.2, 0) is 0 Å². The number of para-hydroxylation sites is 1. The zero-order valence-electron chi connectivity index (χ0n) is 21.1. The van der Waals surface area contributed by atoms with Gasteiger partial charge in [-0.1, -0.05) is 29.8 Å². The van der Waals surface area contributed by atoms with E-state index in [1.807, 2.05) is 19.1 Å². The molecule has 0 aliphatic carbocycles. The molecular formula is C26H33Cl3FN5O2. The number of piperazine rings is 1. The maximum absolute atomic E-state index is 14.3. The van der Waals surface area contributed by atoms with E-state index in [0.29, 0.717) is 23.8 Å². The van der Waals surface area contributed by atoms with E-state index in [-0.39, 0.29) is 48.8 Å². The molecule has 1 amide bonds. The van der Waals surface area contributed by atoms with Crippen molar-refractivity contribution < 1.29 is 14.3 Å². The number of imidazole rings is 1. The first-order valence-electron chi connectivity index (χ1n) is 11.8. The monoisotopic (exact) mass is 571 g/mol. The van der Waals surface area contributed by atoms with Gasteiger partial charge in [0.05, 0.1) is 17.5 Å². The number of aryl methyl sites for hydroxylation is 1. The molecule has 0 radical (unpaired) electrons. The summed E-state index contributed by atoms with van der Waals surface area (Å²) < 4.78 is 15.9. The number of aliphatic hydroxyl groups is 1. The van der Waals surface area contributed by atoms with E-state index in [4.69, 9.17) is 11.6 Å². The third-order valence-electron chi connectivity index (χ3n) is 6.50. The number of rotatable bonds is 7. The number of β-amino-alcohol motifs (C(OH)–C–C–N with tert-alkyl or cyclic N) is 1. The molecule has 1 fully saturated rings. The van der Waals surface area contributed by atoms with Gasteiger partial charge in [0.25, 0.3) is 5.91 Å². The fourth-order valence-corrected chi connectivity index (χ4v) is 4.78. The normalized spacial score (nSPS) is 14.5. The molecule has 4 rings (SSSR count). The number of carbonyl (C=O) groups excluding carboxylic acids is 1. The lowest BCUT2D eigenvalue weighted by Gasteiger charge is -2.37. The number of hydrogen-bond acceptors (Lipinski definition) is 5. The highest BCUT2D eigenvalue weighted by Gasteiger charge is 2.23. The third-order valence-corrected chi connectivity index (χ3v) is 6.91. The fourth-order valence-electron chi connectivity index (χ4n) is 4.61. The van der Waals surface area contributed by atoms with E-state index < -0.39 is 6.10 Å². The molecular weight excluding hydrogens is 540 g/mol. The Bertz CT molecular complexity index is 1210. The Morgan fingerprint density at radius 1 is 1.05 bits per heavy atom. The molecule has 1 atom stereocenters. The van der Waals surface area contributed by atoms with Crippen LogP contribution in [0.4, 0.5) is 10.1 Å². The van der Waals surface area contributed by atoms with Crippen LogP contribution in [0, 0.1) is 26.6 Å². The van der Waals surface area contributed by atoms with Crippen molar-refractivity contribution in [2.24, 2.45) is 0 Å². The van der Waals surface area contributed by atoms with Gasteiger partial charge in [0.2, 0.25) is 0 Å². The average Bonchev–Trinajstić information content (AvgIpc) is 3.14. The highest BCUT2D eigenvalue weighted by molar-refractivity contribution is 6.31. The van der Waals surface area contributed by atoms with Crippen molar-refractivity contribution in [3.05, 3.63) is 76.1 Å². The lowest BCUT2D eigenvalue weighted by molar-refractivity contribution is 0.0847. The van der Waals surface area contributed by atoms with E-state index in [0.717, 1.165) is 42.5 Å². The lowest BCUT2D eigenvalue weighted by atomic mass is 10.1. The molecule has 0 saturated carbocycles. The van der Waals surface area contributed by atoms with Crippen molar-refractivity contribution in [2.75, 3.05) is 44.2 Å². The van der Waals surface area contributed by atoms with E-state index >= 15 is 0 Å². The average molecular weight is 573 g/mol. The van der Waals surface area contributed by atoms with Crippen molar-refractivity contribution in [3.63, 3.8) is 0 Å². The number of nitrogens with one attached hydrogen (secondary N) is 1. The summed E-state index contributed by atoms with van der Waals surface area (Å²) in [5.74, 6) is -0.254. The van der Waals surface area contributed by atoms with Crippen molar-refractivity contribution in [2.45, 2.75) is 26.9 Å². The Morgan fingerprint density at radius 2 is 1.70 bits per heavy atom. The van der Waals surface area contributed by atoms with Gasteiger partial charge in [0.1, 0.15) is 17.3 Å². The van der Waals surface area contributed by atoms with Crippen LogP contribution in [0.1, 0.15) is 27.6 Å². The minimum atomic E-state index is -0.714. The molecule has 1 saturated heterocycles. The van der Waals surface area contributed by atoms with Gasteiger partial charge in [0.15, 0.2) is 0 Å². The Balaban J connectivity index is 0.00000241. The molecule has 2 heterocycles. The number of anilines is 1. The Labute approximate surface area is 234 Å². The number of aliphatic hydroxyl groups excluding tert-OH is 1. The number of halogens is 4. The quantitative estimate of drug-likeness (QED) is 0.441. The Morgan fingerprint density at radius 3 is 2.38 bits per heavy atom. The fraction of sp³-hybridized carbons (Fsp3) is 0.385. The summed E-state index contributed by atoms with van der Waals surface area (Å²) in [7, 11) is 0. The number of benzene rings is 2. The molecule has 37 heavy (non-hydrogen) atoms. The standard InChI is InChI=1S/C26H31ClFN5O2.2ClH/c1-17-21(27)7-6-10-23(17)32-13-11-31(12-14-32)16-20(34)15-29-26(35)25-18(2)33(19(3)30-25)24-9-5-4-8-22(24)28;;/h4-10,20,34H,11-16H2,1-3H3,(H,29,35);2*1H. The van der Waals surface area contributed by atoms with Gasteiger partial charge in [-0.3, -0.25) is 14.3 Å². The van der Waals surface area contributed by atoms with Crippen LogP contribution in [0.25, 0.3) is 5.69 Å². The van der Waals surface area contributed by atoms with Gasteiger partial charge >= 0.3 is 0 Å². The number of nitrogens with zero attached hydrogens (tertiary/aromatic N) is 4. The van der Waals surface area contributed by atoms with Gasteiger partial charge in [-0.05, 0) is 50.6 Å².